The lowest BCUT2D eigenvalue weighted by Gasteiger charge is -2.26. The number of benzene rings is 2. The highest BCUT2D eigenvalue weighted by Gasteiger charge is 2.23. The van der Waals surface area contributed by atoms with Crippen molar-refractivity contribution in [2.24, 2.45) is 0 Å². The van der Waals surface area contributed by atoms with Gasteiger partial charge in [0.25, 0.3) is 5.91 Å². The molecule has 0 fully saturated rings. The molecule has 1 amide bonds. The second kappa shape index (κ2) is 6.40. The van der Waals surface area contributed by atoms with Crippen molar-refractivity contribution in [1.82, 2.24) is 10.3 Å². The summed E-state index contributed by atoms with van der Waals surface area (Å²) in [4.78, 5) is 16.8. The monoisotopic (exact) mass is 322 g/mol. The van der Waals surface area contributed by atoms with Crippen LogP contribution in [0.1, 0.15) is 29.8 Å². The van der Waals surface area contributed by atoms with Gasteiger partial charge in [-0.05, 0) is 44.0 Å². The third-order valence-electron chi connectivity index (χ3n) is 3.89. The molecule has 24 heavy (non-hydrogen) atoms. The molecule has 0 unspecified atom stereocenters. The van der Waals surface area contributed by atoms with Gasteiger partial charge in [0.2, 0.25) is 0 Å². The number of amides is 1. The van der Waals surface area contributed by atoms with Crippen LogP contribution in [0.4, 0.5) is 4.39 Å². The number of halogens is 1. The lowest BCUT2D eigenvalue weighted by Crippen LogP contribution is -2.45. The smallest absolute Gasteiger partial charge is 0.253 e. The quantitative estimate of drug-likeness (QED) is 0.785. The number of aromatic nitrogens is 1. The molecule has 3 nitrogen and oxygen atoms in total. The Hall–Kier alpha value is -2.75. The highest BCUT2D eigenvalue weighted by molar-refractivity contribution is 5.97. The van der Waals surface area contributed by atoms with Crippen LogP contribution in [0, 0.1) is 5.82 Å². The standard InChI is InChI=1S/C20H19FN2O/c1-20(2,12-15-8-3-5-9-17(15)21)23-19(24)16-11-14-7-4-6-10-18(14)22-13-16/h3-11,13H,12H2,1-2H3,(H,23,24). The van der Waals surface area contributed by atoms with Gasteiger partial charge in [0.1, 0.15) is 5.82 Å². The first-order valence-corrected chi connectivity index (χ1v) is 7.85. The Balaban J connectivity index is 1.78. The molecule has 0 aliphatic rings. The predicted molar refractivity (Wildman–Crippen MR) is 93.4 cm³/mol. The number of nitrogens with one attached hydrogen (secondary N) is 1. The van der Waals surface area contributed by atoms with Crippen molar-refractivity contribution in [1.29, 1.82) is 0 Å². The number of carbonyl (C=O) groups is 1. The number of rotatable bonds is 4. The van der Waals surface area contributed by atoms with Gasteiger partial charge in [-0.3, -0.25) is 9.78 Å². The van der Waals surface area contributed by atoms with Gasteiger partial charge >= 0.3 is 0 Å². The first-order valence-electron chi connectivity index (χ1n) is 7.85. The van der Waals surface area contributed by atoms with E-state index in [-0.39, 0.29) is 11.7 Å². The Bertz CT molecular complexity index is 889. The zero-order valence-corrected chi connectivity index (χ0v) is 13.7. The van der Waals surface area contributed by atoms with Crippen LogP contribution in [0.5, 0.6) is 0 Å². The minimum absolute atomic E-state index is 0.213. The summed E-state index contributed by atoms with van der Waals surface area (Å²) >= 11 is 0. The first kappa shape index (κ1) is 16.1. The molecule has 0 atom stereocenters. The van der Waals surface area contributed by atoms with Gasteiger partial charge in [0.15, 0.2) is 0 Å². The van der Waals surface area contributed by atoms with Gasteiger partial charge in [0, 0.05) is 17.1 Å². The fourth-order valence-corrected chi connectivity index (χ4v) is 2.74. The van der Waals surface area contributed by atoms with E-state index in [0.717, 1.165) is 10.9 Å². The van der Waals surface area contributed by atoms with Crippen molar-refractivity contribution in [2.75, 3.05) is 0 Å². The highest BCUT2D eigenvalue weighted by Crippen LogP contribution is 2.17. The average Bonchev–Trinajstić information content (AvgIpc) is 2.56. The molecule has 1 aromatic heterocycles. The molecule has 122 valence electrons. The van der Waals surface area contributed by atoms with Crippen LogP contribution in [0.2, 0.25) is 0 Å². The van der Waals surface area contributed by atoms with E-state index in [4.69, 9.17) is 0 Å². The minimum atomic E-state index is -0.578. The van der Waals surface area contributed by atoms with Crippen molar-refractivity contribution in [3.63, 3.8) is 0 Å². The first-order chi connectivity index (χ1) is 11.4. The van der Waals surface area contributed by atoms with E-state index in [2.05, 4.69) is 10.3 Å². The van der Waals surface area contributed by atoms with E-state index in [0.29, 0.717) is 17.5 Å². The molecule has 4 heteroatoms. The van der Waals surface area contributed by atoms with Crippen LogP contribution in [-0.2, 0) is 6.42 Å². The molecule has 3 rings (SSSR count). The van der Waals surface area contributed by atoms with E-state index in [1.54, 1.807) is 24.4 Å². The van der Waals surface area contributed by atoms with Crippen molar-refractivity contribution >= 4 is 16.8 Å². The van der Waals surface area contributed by atoms with Crippen LogP contribution >= 0.6 is 0 Å². The highest BCUT2D eigenvalue weighted by atomic mass is 19.1. The Morgan fingerprint density at radius 1 is 1.12 bits per heavy atom. The normalized spacial score (nSPS) is 11.5. The van der Waals surface area contributed by atoms with Crippen LogP contribution < -0.4 is 5.32 Å². The van der Waals surface area contributed by atoms with E-state index < -0.39 is 5.54 Å². The molecule has 1 heterocycles. The molecule has 0 saturated heterocycles. The summed E-state index contributed by atoms with van der Waals surface area (Å²) in [6.07, 6.45) is 1.98. The summed E-state index contributed by atoms with van der Waals surface area (Å²) in [5.74, 6) is -0.471. The largest absolute Gasteiger partial charge is 0.347 e. The summed E-state index contributed by atoms with van der Waals surface area (Å²) in [5, 5.41) is 3.88. The third kappa shape index (κ3) is 3.59. The molecule has 0 saturated carbocycles. The van der Waals surface area contributed by atoms with Gasteiger partial charge in [-0.15, -0.1) is 0 Å². The van der Waals surface area contributed by atoms with E-state index in [1.807, 2.05) is 44.2 Å². The molecule has 0 spiro atoms. The topological polar surface area (TPSA) is 42.0 Å². The van der Waals surface area contributed by atoms with Gasteiger partial charge in [-0.25, -0.2) is 4.39 Å². The molecule has 1 N–H and O–H groups in total. The van der Waals surface area contributed by atoms with Crippen molar-refractivity contribution in [3.05, 3.63) is 77.7 Å². The Morgan fingerprint density at radius 2 is 1.83 bits per heavy atom. The van der Waals surface area contributed by atoms with Crippen molar-refractivity contribution in [3.8, 4) is 0 Å². The van der Waals surface area contributed by atoms with E-state index in [1.165, 1.54) is 6.07 Å². The lowest BCUT2D eigenvalue weighted by molar-refractivity contribution is 0.0912. The van der Waals surface area contributed by atoms with Gasteiger partial charge in [0.05, 0.1) is 11.1 Å². The molecular formula is C20H19FN2O. The Morgan fingerprint density at radius 3 is 2.62 bits per heavy atom. The molecule has 0 bridgehead atoms. The van der Waals surface area contributed by atoms with Crippen LogP contribution in [0.3, 0.4) is 0 Å². The number of pyridine rings is 1. The summed E-state index contributed by atoms with van der Waals surface area (Å²) in [6.45, 7) is 3.76. The fourth-order valence-electron chi connectivity index (χ4n) is 2.74. The predicted octanol–water partition coefficient (Wildman–Crippen LogP) is 4.13. The Kier molecular flexibility index (Phi) is 4.30. The summed E-state index contributed by atoms with van der Waals surface area (Å²) in [6, 6.07) is 16.1. The maximum absolute atomic E-state index is 13.8. The number of nitrogens with zero attached hydrogens (tertiary/aromatic N) is 1. The molecule has 2 aromatic carbocycles. The van der Waals surface area contributed by atoms with Gasteiger partial charge in [-0.1, -0.05) is 36.4 Å². The maximum atomic E-state index is 13.8. The van der Waals surface area contributed by atoms with Gasteiger partial charge in [-0.2, -0.15) is 0 Å². The summed E-state index contributed by atoms with van der Waals surface area (Å²) in [5.41, 5.74) is 1.35. The number of hydrogen-bond donors (Lipinski definition) is 1. The number of fused-ring (bicyclic) bond motifs is 1. The summed E-state index contributed by atoms with van der Waals surface area (Å²) < 4.78 is 13.8. The Labute approximate surface area is 140 Å². The van der Waals surface area contributed by atoms with Crippen LogP contribution in [-0.4, -0.2) is 16.4 Å². The third-order valence-corrected chi connectivity index (χ3v) is 3.89. The second-order valence-corrected chi connectivity index (χ2v) is 6.52. The molecular weight excluding hydrogens is 303 g/mol. The molecule has 3 aromatic rings. The zero-order valence-electron chi connectivity index (χ0n) is 13.7. The molecule has 0 aliphatic heterocycles. The minimum Gasteiger partial charge on any atom is -0.347 e. The average molecular weight is 322 g/mol. The zero-order chi connectivity index (χ0) is 17.2. The van der Waals surface area contributed by atoms with Crippen LogP contribution in [0.25, 0.3) is 10.9 Å². The second-order valence-electron chi connectivity index (χ2n) is 6.52. The van der Waals surface area contributed by atoms with E-state index >= 15 is 0 Å². The van der Waals surface area contributed by atoms with Crippen molar-refractivity contribution < 1.29 is 9.18 Å². The maximum Gasteiger partial charge on any atom is 0.253 e. The molecule has 0 aliphatic carbocycles. The van der Waals surface area contributed by atoms with E-state index in [9.17, 15) is 9.18 Å². The summed E-state index contributed by atoms with van der Waals surface area (Å²) in [7, 11) is 0. The van der Waals surface area contributed by atoms with Crippen molar-refractivity contribution in [2.45, 2.75) is 25.8 Å². The molecule has 0 radical (unpaired) electrons. The van der Waals surface area contributed by atoms with Gasteiger partial charge < -0.3 is 5.32 Å². The lowest BCUT2D eigenvalue weighted by atomic mass is 9.94. The number of para-hydroxylation sites is 1. The fraction of sp³-hybridized carbons (Fsp3) is 0.200. The van der Waals surface area contributed by atoms with Crippen LogP contribution in [0.15, 0.2) is 60.8 Å². The SMILES string of the molecule is CC(C)(Cc1ccccc1F)NC(=O)c1cnc2ccccc2c1. The number of carbonyl (C=O) groups excluding carboxylic acids is 1. The number of hydrogen-bond acceptors (Lipinski definition) is 2.